The van der Waals surface area contributed by atoms with Gasteiger partial charge in [-0.3, -0.25) is 0 Å². The molecule has 0 aromatic rings. The maximum Gasteiger partial charge on any atom is 0.327 e. The zero-order valence-electron chi connectivity index (χ0n) is 4.30. The van der Waals surface area contributed by atoms with E-state index in [1.807, 2.05) is 0 Å². The van der Waals surface area contributed by atoms with Crippen LogP contribution < -0.4 is 0 Å². The molecule has 0 bridgehead atoms. The van der Waals surface area contributed by atoms with Gasteiger partial charge in [0.2, 0.25) is 0 Å². The van der Waals surface area contributed by atoms with Crippen LogP contribution in [0.4, 0.5) is 0 Å². The van der Waals surface area contributed by atoms with Crippen molar-refractivity contribution in [2.45, 2.75) is 0 Å². The lowest BCUT2D eigenvalue weighted by Crippen LogP contribution is -1.82. The van der Waals surface area contributed by atoms with Crippen LogP contribution in [0.5, 0.6) is 0 Å². The summed E-state index contributed by atoms with van der Waals surface area (Å²) in [6.45, 7) is 6.09. The number of carboxylic acids is 1. The van der Waals surface area contributed by atoms with Crippen LogP contribution in [0.15, 0.2) is 24.8 Å². The van der Waals surface area contributed by atoms with Gasteiger partial charge in [-0.25, -0.2) is 4.79 Å². The van der Waals surface area contributed by atoms with E-state index in [9.17, 15) is 4.79 Å². The predicted octanol–water partition coefficient (Wildman–Crippen LogP) is 1.63. The standard InChI is InChI=1S/C3H4O2.C2H3Cl/c1-2-3(4)5;1-2-3/h2H,1H2,(H,4,5);2H,1H2. The Morgan fingerprint density at radius 1 is 1.62 bits per heavy atom. The van der Waals surface area contributed by atoms with Gasteiger partial charge in [0.15, 0.2) is 0 Å². The van der Waals surface area contributed by atoms with Gasteiger partial charge in [0, 0.05) is 6.08 Å². The van der Waals surface area contributed by atoms with Gasteiger partial charge in [-0.1, -0.05) is 24.8 Å². The van der Waals surface area contributed by atoms with Crippen molar-refractivity contribution < 1.29 is 9.90 Å². The zero-order chi connectivity index (χ0) is 6.99. The van der Waals surface area contributed by atoms with E-state index in [2.05, 4.69) is 13.2 Å². The lowest BCUT2D eigenvalue weighted by Gasteiger charge is -1.64. The van der Waals surface area contributed by atoms with E-state index in [-0.39, 0.29) is 0 Å². The monoisotopic (exact) mass is 134 g/mol. The number of rotatable bonds is 1. The SMILES string of the molecule is C=CC(=O)O.C=CCl. The molecule has 0 radical (unpaired) electrons. The predicted molar refractivity (Wildman–Crippen MR) is 33.9 cm³/mol. The highest BCUT2D eigenvalue weighted by Gasteiger charge is 1.73. The third kappa shape index (κ3) is 61.3. The summed E-state index contributed by atoms with van der Waals surface area (Å²) in [5.74, 6) is -0.981. The minimum atomic E-state index is -0.981. The van der Waals surface area contributed by atoms with Gasteiger partial charge in [-0.2, -0.15) is 0 Å². The van der Waals surface area contributed by atoms with Crippen molar-refractivity contribution in [1.82, 2.24) is 0 Å². The van der Waals surface area contributed by atoms with Gasteiger partial charge in [0.1, 0.15) is 0 Å². The fourth-order valence-corrected chi connectivity index (χ4v) is 0. The molecule has 0 aliphatic rings. The molecule has 0 saturated heterocycles. The maximum absolute atomic E-state index is 9.25. The average Bonchev–Trinajstić information content (AvgIpc) is 1.69. The van der Waals surface area contributed by atoms with Gasteiger partial charge in [0.05, 0.1) is 0 Å². The second-order valence-corrected chi connectivity index (χ2v) is 1.01. The Balaban J connectivity index is 0. The third-order valence-electron chi connectivity index (χ3n) is 0.175. The molecule has 0 aromatic carbocycles. The van der Waals surface area contributed by atoms with E-state index in [0.29, 0.717) is 0 Å². The molecule has 2 nitrogen and oxygen atoms in total. The Kier molecular flexibility index (Phi) is 12.2. The van der Waals surface area contributed by atoms with E-state index in [0.717, 1.165) is 6.08 Å². The molecule has 0 atom stereocenters. The number of carboxylic acid groups (broad SMARTS) is 1. The van der Waals surface area contributed by atoms with Crippen molar-refractivity contribution in [2.75, 3.05) is 0 Å². The molecule has 0 aromatic heterocycles. The average molecular weight is 135 g/mol. The van der Waals surface area contributed by atoms with Crippen LogP contribution in [-0.2, 0) is 4.79 Å². The molecule has 8 heavy (non-hydrogen) atoms. The van der Waals surface area contributed by atoms with E-state index < -0.39 is 5.97 Å². The minimum absolute atomic E-state index is 0.833. The van der Waals surface area contributed by atoms with Gasteiger partial charge >= 0.3 is 5.97 Å². The molecule has 0 fully saturated rings. The molecular weight excluding hydrogens is 128 g/mol. The van der Waals surface area contributed by atoms with Crippen LogP contribution in [0.3, 0.4) is 0 Å². The van der Waals surface area contributed by atoms with E-state index in [4.69, 9.17) is 16.7 Å². The Hall–Kier alpha value is -0.760. The van der Waals surface area contributed by atoms with Crippen molar-refractivity contribution in [2.24, 2.45) is 0 Å². The smallest absolute Gasteiger partial charge is 0.327 e. The van der Waals surface area contributed by atoms with Crippen molar-refractivity contribution in [3.63, 3.8) is 0 Å². The first-order valence-corrected chi connectivity index (χ1v) is 2.19. The van der Waals surface area contributed by atoms with Crippen LogP contribution in [0.2, 0.25) is 0 Å². The molecular formula is C5H7ClO2. The summed E-state index contributed by atoms with van der Waals surface area (Å²) in [6.07, 6.45) is 0.833. The van der Waals surface area contributed by atoms with E-state index in [1.165, 1.54) is 5.54 Å². The highest BCUT2D eigenvalue weighted by atomic mass is 35.5. The largest absolute Gasteiger partial charge is 0.478 e. The Morgan fingerprint density at radius 2 is 1.75 bits per heavy atom. The van der Waals surface area contributed by atoms with Gasteiger partial charge in [0.25, 0.3) is 0 Å². The number of hydrogen-bond donors (Lipinski definition) is 1. The van der Waals surface area contributed by atoms with Crippen LogP contribution >= 0.6 is 11.6 Å². The van der Waals surface area contributed by atoms with Crippen LogP contribution in [-0.4, -0.2) is 11.1 Å². The van der Waals surface area contributed by atoms with Crippen molar-refractivity contribution in [3.8, 4) is 0 Å². The van der Waals surface area contributed by atoms with Crippen LogP contribution in [0, 0.1) is 0 Å². The summed E-state index contributed by atoms with van der Waals surface area (Å²) in [4.78, 5) is 9.25. The highest BCUT2D eigenvalue weighted by Crippen LogP contribution is 1.60. The molecule has 0 heterocycles. The van der Waals surface area contributed by atoms with Crippen molar-refractivity contribution in [3.05, 3.63) is 24.8 Å². The topological polar surface area (TPSA) is 37.3 Å². The minimum Gasteiger partial charge on any atom is -0.478 e. The summed E-state index contributed by atoms with van der Waals surface area (Å²) in [7, 11) is 0. The van der Waals surface area contributed by atoms with Crippen molar-refractivity contribution in [1.29, 1.82) is 0 Å². The molecule has 46 valence electrons. The number of aliphatic carboxylic acids is 1. The van der Waals surface area contributed by atoms with Crippen LogP contribution in [0.1, 0.15) is 0 Å². The summed E-state index contributed by atoms with van der Waals surface area (Å²) in [5, 5.41) is 7.60. The summed E-state index contributed by atoms with van der Waals surface area (Å²) < 4.78 is 0. The highest BCUT2D eigenvalue weighted by molar-refractivity contribution is 6.25. The zero-order valence-corrected chi connectivity index (χ0v) is 5.06. The molecule has 0 unspecified atom stereocenters. The van der Waals surface area contributed by atoms with Crippen molar-refractivity contribution >= 4 is 17.6 Å². The van der Waals surface area contributed by atoms with Gasteiger partial charge < -0.3 is 5.11 Å². The Morgan fingerprint density at radius 3 is 1.75 bits per heavy atom. The van der Waals surface area contributed by atoms with Gasteiger partial charge in [-0.05, 0) is 5.54 Å². The summed E-state index contributed by atoms with van der Waals surface area (Å²) in [5.41, 5.74) is 1.22. The molecule has 0 aliphatic carbocycles. The fraction of sp³-hybridized carbons (Fsp3) is 0. The van der Waals surface area contributed by atoms with Gasteiger partial charge in [-0.15, -0.1) is 0 Å². The summed E-state index contributed by atoms with van der Waals surface area (Å²) >= 11 is 4.76. The lowest BCUT2D eigenvalue weighted by atomic mass is 10.7. The Bertz CT molecular complexity index is 88.4. The molecule has 0 saturated carbocycles. The maximum atomic E-state index is 9.25. The summed E-state index contributed by atoms with van der Waals surface area (Å²) in [6, 6.07) is 0. The first-order valence-electron chi connectivity index (χ1n) is 1.75. The molecule has 0 amide bonds. The molecule has 3 heteroatoms. The first-order chi connectivity index (χ1) is 3.68. The number of hydrogen-bond acceptors (Lipinski definition) is 1. The second-order valence-electron chi connectivity index (χ2n) is 0.697. The quantitative estimate of drug-likeness (QED) is 0.554. The lowest BCUT2D eigenvalue weighted by molar-refractivity contribution is -0.131. The number of halogens is 1. The fourth-order valence-electron chi connectivity index (χ4n) is 0. The molecule has 0 spiro atoms. The second kappa shape index (κ2) is 9.53. The molecule has 1 N–H and O–H groups in total. The van der Waals surface area contributed by atoms with E-state index >= 15 is 0 Å². The van der Waals surface area contributed by atoms with E-state index in [1.54, 1.807) is 0 Å². The normalized spacial score (nSPS) is 5.62. The molecule has 0 aliphatic heterocycles. The number of carbonyl (C=O) groups is 1. The first kappa shape index (κ1) is 10.3. The Labute approximate surface area is 53.1 Å². The molecule has 0 rings (SSSR count). The third-order valence-corrected chi connectivity index (χ3v) is 0.175. The van der Waals surface area contributed by atoms with Crippen LogP contribution in [0.25, 0.3) is 0 Å².